The lowest BCUT2D eigenvalue weighted by atomic mass is 9.84. The zero-order valence-corrected chi connectivity index (χ0v) is 22.3. The van der Waals surface area contributed by atoms with E-state index in [2.05, 4.69) is 10.1 Å². The number of aromatic nitrogens is 2. The monoisotopic (exact) mass is 566 g/mol. The summed E-state index contributed by atoms with van der Waals surface area (Å²) in [6.07, 6.45) is -2.89. The number of Topliss-reactive ketones (excluding diaryl/α,β-unsaturated/α-hetero) is 1. The van der Waals surface area contributed by atoms with Gasteiger partial charge < -0.3 is 0 Å². The number of aryl methyl sites for hydroxylation is 1. The normalized spacial score (nSPS) is 19.4. The number of nitrogens with zero attached hydrogens (tertiary/aromatic N) is 4. The molecule has 0 aliphatic carbocycles. The van der Waals surface area contributed by atoms with Crippen molar-refractivity contribution >= 4 is 22.4 Å². The van der Waals surface area contributed by atoms with Crippen LogP contribution in [-0.4, -0.2) is 45.4 Å². The Hall–Kier alpha value is -3.92. The fraction of sp³-hybridized carbons (Fsp3) is 0.323. The minimum absolute atomic E-state index is 0.101. The van der Waals surface area contributed by atoms with Gasteiger partial charge in [0.25, 0.3) is 0 Å². The fourth-order valence-corrected chi connectivity index (χ4v) is 6.00. The molecule has 3 aromatic carbocycles. The van der Waals surface area contributed by atoms with E-state index >= 15 is 0 Å². The Balaban J connectivity index is 1.22. The van der Waals surface area contributed by atoms with Crippen LogP contribution in [0, 0.1) is 23.5 Å². The van der Waals surface area contributed by atoms with Gasteiger partial charge in [-0.15, -0.1) is 0 Å². The second kappa shape index (κ2) is 10.5. The second-order valence-corrected chi connectivity index (χ2v) is 11.0. The number of hydrogen-bond donors (Lipinski definition) is 0. The highest BCUT2D eigenvalue weighted by molar-refractivity contribution is 6.17. The maximum absolute atomic E-state index is 14.2. The number of hydrogen-bond acceptors (Lipinski definition) is 4. The van der Waals surface area contributed by atoms with Gasteiger partial charge in [0.15, 0.2) is 5.78 Å². The number of likely N-dealkylation sites (tertiary alicyclic amines) is 1. The average molecular weight is 567 g/mol. The van der Waals surface area contributed by atoms with Crippen LogP contribution < -0.4 is 0 Å². The first-order chi connectivity index (χ1) is 19.5. The van der Waals surface area contributed by atoms with Gasteiger partial charge in [0.1, 0.15) is 11.6 Å². The van der Waals surface area contributed by atoms with E-state index in [1.54, 1.807) is 16.8 Å². The first-order valence-electron chi connectivity index (χ1n) is 13.4. The zero-order chi connectivity index (χ0) is 28.9. The molecule has 0 saturated carbocycles. The van der Waals surface area contributed by atoms with Crippen molar-refractivity contribution in [2.24, 2.45) is 23.9 Å². The number of carbonyl (C=O) groups is 1. The Morgan fingerprint density at radius 2 is 1.80 bits per heavy atom. The van der Waals surface area contributed by atoms with Crippen LogP contribution in [0.4, 0.5) is 22.0 Å². The van der Waals surface area contributed by atoms with Crippen LogP contribution in [0.1, 0.15) is 45.5 Å². The molecule has 2 aliphatic rings. The predicted octanol–water partition coefficient (Wildman–Crippen LogP) is 6.48. The molecule has 1 aromatic heterocycles. The van der Waals surface area contributed by atoms with Crippen LogP contribution in [0.3, 0.4) is 0 Å². The minimum atomic E-state index is -4.48. The van der Waals surface area contributed by atoms with E-state index in [1.807, 2.05) is 37.5 Å². The number of piperidine rings is 1. The summed E-state index contributed by atoms with van der Waals surface area (Å²) in [5.74, 6) is -4.18. The van der Waals surface area contributed by atoms with Gasteiger partial charge in [-0.1, -0.05) is 24.3 Å². The molecule has 3 heterocycles. The predicted molar refractivity (Wildman–Crippen MR) is 145 cm³/mol. The second-order valence-electron chi connectivity index (χ2n) is 11.0. The van der Waals surface area contributed by atoms with Gasteiger partial charge in [0.2, 0.25) is 0 Å². The topological polar surface area (TPSA) is 50.5 Å². The van der Waals surface area contributed by atoms with E-state index in [-0.39, 0.29) is 43.8 Å². The highest BCUT2D eigenvalue weighted by atomic mass is 19.4. The molecule has 5 nitrogen and oxygen atoms in total. The van der Waals surface area contributed by atoms with Gasteiger partial charge in [-0.25, -0.2) is 8.78 Å². The quantitative estimate of drug-likeness (QED) is 0.198. The smallest absolute Gasteiger partial charge is 0.298 e. The number of carbonyl (C=O) groups excluding carboxylic acids is 1. The molecule has 0 unspecified atom stereocenters. The Kier molecular flexibility index (Phi) is 6.97. The molecular formula is C31H27F5N4O. The molecule has 0 amide bonds. The third-order valence-electron chi connectivity index (χ3n) is 7.98. The Morgan fingerprint density at radius 1 is 1.02 bits per heavy atom. The van der Waals surface area contributed by atoms with Crippen molar-refractivity contribution in [3.05, 3.63) is 100 Å². The molecule has 0 spiro atoms. The van der Waals surface area contributed by atoms with Crippen molar-refractivity contribution in [1.29, 1.82) is 0 Å². The number of benzene rings is 3. The fourth-order valence-electron chi connectivity index (χ4n) is 6.00. The van der Waals surface area contributed by atoms with Crippen LogP contribution in [-0.2, 0) is 20.1 Å². The zero-order valence-electron chi connectivity index (χ0n) is 22.3. The molecule has 2 aliphatic heterocycles. The molecule has 2 atom stereocenters. The van der Waals surface area contributed by atoms with E-state index in [1.165, 1.54) is 11.0 Å². The van der Waals surface area contributed by atoms with Crippen LogP contribution in [0.2, 0.25) is 0 Å². The third kappa shape index (κ3) is 5.53. The average Bonchev–Trinajstić information content (AvgIpc) is 3.51. The highest BCUT2D eigenvalue weighted by Gasteiger charge is 2.45. The first-order valence-corrected chi connectivity index (χ1v) is 13.4. The summed E-state index contributed by atoms with van der Waals surface area (Å²) in [6.45, 7) is -0.0613. The van der Waals surface area contributed by atoms with Crippen LogP contribution >= 0.6 is 0 Å². The molecule has 1 fully saturated rings. The standard InChI is InChI=1S/C31H27F5N4O/c1-39-15-22-11-20(7-8-28(22)38-39)30-24-12-19(5-6-21(24)13-37-30)29(41)10-18-9-23(31(34,35)36)16-40(14-18)17-25-26(32)3-2-4-27(25)33/h2-8,11-12,15,18,23H,9-10,13-14,16-17H2,1H3/t18-,23-/m1/s1. The molecule has 0 bridgehead atoms. The van der Waals surface area contributed by atoms with Crippen molar-refractivity contribution in [3.8, 4) is 0 Å². The number of aliphatic imine (C=N–C) groups is 1. The van der Waals surface area contributed by atoms with Crippen molar-refractivity contribution in [1.82, 2.24) is 14.7 Å². The lowest BCUT2D eigenvalue weighted by Crippen LogP contribution is -2.46. The van der Waals surface area contributed by atoms with Crippen molar-refractivity contribution in [3.63, 3.8) is 0 Å². The summed E-state index contributed by atoms with van der Waals surface area (Å²) in [7, 11) is 1.85. The van der Waals surface area contributed by atoms with Gasteiger partial charge >= 0.3 is 6.18 Å². The molecular weight excluding hydrogens is 539 g/mol. The summed E-state index contributed by atoms with van der Waals surface area (Å²) in [4.78, 5) is 19.5. The minimum Gasteiger partial charge on any atom is -0.298 e. The lowest BCUT2D eigenvalue weighted by Gasteiger charge is -2.38. The number of rotatable bonds is 6. The van der Waals surface area contributed by atoms with Crippen molar-refractivity contribution in [2.45, 2.75) is 32.1 Å². The molecule has 6 rings (SSSR count). The number of ketones is 1. The molecule has 0 radical (unpaired) electrons. The molecule has 41 heavy (non-hydrogen) atoms. The summed E-state index contributed by atoms with van der Waals surface area (Å²) in [5.41, 5.74) is 4.44. The summed E-state index contributed by atoms with van der Waals surface area (Å²) in [6, 6.07) is 14.5. The molecule has 1 saturated heterocycles. The van der Waals surface area contributed by atoms with E-state index < -0.39 is 29.6 Å². The molecule has 0 N–H and O–H groups in total. The lowest BCUT2D eigenvalue weighted by molar-refractivity contribution is -0.192. The van der Waals surface area contributed by atoms with E-state index in [4.69, 9.17) is 0 Å². The van der Waals surface area contributed by atoms with Gasteiger partial charge in [0.05, 0.1) is 23.7 Å². The number of halogens is 5. The summed E-state index contributed by atoms with van der Waals surface area (Å²) in [5, 5.41) is 5.36. The SMILES string of the molecule is Cn1cc2cc(C3=NCc4ccc(C(=O)C[C@H]5C[C@@H](C(F)(F)F)CN(Cc6c(F)cccc6F)C5)cc43)ccc2n1. The van der Waals surface area contributed by atoms with Gasteiger partial charge in [-0.3, -0.25) is 19.4 Å². The third-order valence-corrected chi connectivity index (χ3v) is 7.98. The van der Waals surface area contributed by atoms with Crippen LogP contribution in [0.15, 0.2) is 65.8 Å². The summed E-state index contributed by atoms with van der Waals surface area (Å²) >= 11 is 0. The van der Waals surface area contributed by atoms with Gasteiger partial charge in [-0.2, -0.15) is 18.3 Å². The Labute approximate surface area is 233 Å². The number of fused-ring (bicyclic) bond motifs is 2. The van der Waals surface area contributed by atoms with E-state index in [9.17, 15) is 26.7 Å². The van der Waals surface area contributed by atoms with Gasteiger partial charge in [-0.05, 0) is 48.2 Å². The van der Waals surface area contributed by atoms with E-state index in [0.717, 1.165) is 45.4 Å². The van der Waals surface area contributed by atoms with E-state index in [0.29, 0.717) is 12.1 Å². The molecule has 10 heteroatoms. The first kappa shape index (κ1) is 27.3. The largest absolute Gasteiger partial charge is 0.393 e. The number of alkyl halides is 3. The molecule has 4 aromatic rings. The Morgan fingerprint density at radius 3 is 2.56 bits per heavy atom. The Bertz CT molecular complexity index is 1650. The summed E-state index contributed by atoms with van der Waals surface area (Å²) < 4.78 is 71.7. The molecule has 212 valence electrons. The maximum Gasteiger partial charge on any atom is 0.393 e. The van der Waals surface area contributed by atoms with Crippen LogP contribution in [0.25, 0.3) is 10.9 Å². The highest BCUT2D eigenvalue weighted by Crippen LogP contribution is 2.38. The van der Waals surface area contributed by atoms with Crippen LogP contribution in [0.5, 0.6) is 0 Å². The maximum atomic E-state index is 14.2. The van der Waals surface area contributed by atoms with Crippen molar-refractivity contribution < 1.29 is 26.7 Å². The van der Waals surface area contributed by atoms with Gasteiger partial charge in [0, 0.05) is 66.9 Å². The van der Waals surface area contributed by atoms with Crippen molar-refractivity contribution in [2.75, 3.05) is 13.1 Å².